The van der Waals surface area contributed by atoms with Gasteiger partial charge in [0.25, 0.3) is 0 Å². The van der Waals surface area contributed by atoms with Gasteiger partial charge in [0.05, 0.1) is 10.7 Å². The van der Waals surface area contributed by atoms with Crippen LogP contribution in [-0.2, 0) is 6.54 Å². The molecule has 0 bridgehead atoms. The van der Waals surface area contributed by atoms with Gasteiger partial charge < -0.3 is 4.57 Å². The topological polar surface area (TPSA) is 46.8 Å². The van der Waals surface area contributed by atoms with E-state index in [1.807, 2.05) is 17.7 Å². The van der Waals surface area contributed by atoms with Crippen LogP contribution in [-0.4, -0.2) is 37.7 Å². The molecule has 0 radical (unpaired) electrons. The maximum Gasteiger partial charge on any atom is 0.136 e. The molecule has 23 heavy (non-hydrogen) atoms. The summed E-state index contributed by atoms with van der Waals surface area (Å²) in [6, 6.07) is 0.439. The van der Waals surface area contributed by atoms with Gasteiger partial charge in [-0.05, 0) is 52.6 Å². The van der Waals surface area contributed by atoms with Gasteiger partial charge in [0, 0.05) is 29.8 Å². The van der Waals surface area contributed by atoms with E-state index in [2.05, 4.69) is 38.9 Å². The van der Waals surface area contributed by atoms with Crippen LogP contribution in [0.4, 0.5) is 0 Å². The van der Waals surface area contributed by atoms with Crippen LogP contribution in [0.1, 0.15) is 73.9 Å². The average Bonchev–Trinajstić information content (AvgIpc) is 3.10. The van der Waals surface area contributed by atoms with Crippen molar-refractivity contribution in [2.24, 2.45) is 0 Å². The Kier molecular flexibility index (Phi) is 4.20. The first-order chi connectivity index (χ1) is 11.2. The van der Waals surface area contributed by atoms with Crippen LogP contribution < -0.4 is 0 Å². The molecule has 124 valence electrons. The lowest BCUT2D eigenvalue weighted by molar-refractivity contribution is 0.197. The molecule has 0 aromatic carbocycles. The fraction of sp³-hybridized carbons (Fsp3) is 0.706. The molecule has 2 aromatic rings. The van der Waals surface area contributed by atoms with Crippen LogP contribution in [0.5, 0.6) is 0 Å². The molecule has 0 spiro atoms. The molecule has 2 aliphatic rings. The van der Waals surface area contributed by atoms with Crippen LogP contribution in [0.3, 0.4) is 0 Å². The first-order valence-corrected chi connectivity index (χ1v) is 9.64. The van der Waals surface area contributed by atoms with Crippen molar-refractivity contribution in [1.82, 2.24) is 24.6 Å². The number of likely N-dealkylation sites (tertiary alicyclic amines) is 1. The van der Waals surface area contributed by atoms with Gasteiger partial charge in [-0.3, -0.25) is 4.90 Å². The minimum absolute atomic E-state index is 0.439. The highest BCUT2D eigenvalue weighted by Crippen LogP contribution is 2.41. The predicted octanol–water partition coefficient (Wildman–Crippen LogP) is 3.57. The lowest BCUT2D eigenvalue weighted by Crippen LogP contribution is -2.33. The third-order valence-corrected chi connectivity index (χ3v) is 6.05. The van der Waals surface area contributed by atoms with Crippen molar-refractivity contribution in [3.8, 4) is 0 Å². The summed E-state index contributed by atoms with van der Waals surface area (Å²) < 4.78 is 2.22. The second-order valence-electron chi connectivity index (χ2n) is 7.19. The van der Waals surface area contributed by atoms with Crippen molar-refractivity contribution in [3.63, 3.8) is 0 Å². The summed E-state index contributed by atoms with van der Waals surface area (Å²) >= 11 is 1.85. The molecule has 4 rings (SSSR count). The van der Waals surface area contributed by atoms with Gasteiger partial charge in [0.15, 0.2) is 0 Å². The van der Waals surface area contributed by atoms with Crippen LogP contribution >= 0.6 is 11.3 Å². The summed E-state index contributed by atoms with van der Waals surface area (Å²) in [6.07, 6.45) is 6.90. The number of rotatable bonds is 5. The van der Waals surface area contributed by atoms with Crippen molar-refractivity contribution in [3.05, 3.63) is 28.2 Å². The van der Waals surface area contributed by atoms with E-state index < -0.39 is 0 Å². The Labute approximate surface area is 141 Å². The van der Waals surface area contributed by atoms with E-state index in [1.54, 1.807) is 0 Å². The molecule has 2 fully saturated rings. The van der Waals surface area contributed by atoms with Crippen LogP contribution in [0, 0.1) is 0 Å². The molecule has 0 atom stereocenters. The van der Waals surface area contributed by atoms with Gasteiger partial charge in [-0.1, -0.05) is 0 Å². The average molecular weight is 331 g/mol. The maximum atomic E-state index is 4.82. The van der Waals surface area contributed by atoms with Crippen molar-refractivity contribution in [2.75, 3.05) is 13.1 Å². The Bertz CT molecular complexity index is 649. The Morgan fingerprint density at radius 2 is 1.96 bits per heavy atom. The molecule has 2 aromatic heterocycles. The van der Waals surface area contributed by atoms with Gasteiger partial charge in [-0.15, -0.1) is 21.5 Å². The summed E-state index contributed by atoms with van der Waals surface area (Å²) in [7, 11) is 0. The molecule has 5 nitrogen and oxygen atoms in total. The lowest BCUT2D eigenvalue weighted by Gasteiger charge is -2.31. The van der Waals surface area contributed by atoms with Gasteiger partial charge in [-0.2, -0.15) is 0 Å². The molecule has 3 heterocycles. The number of thiazole rings is 1. The number of nitrogens with zero attached hydrogens (tertiary/aromatic N) is 5. The lowest BCUT2D eigenvalue weighted by atomic mass is 9.95. The van der Waals surface area contributed by atoms with Gasteiger partial charge >= 0.3 is 0 Å². The molecule has 0 unspecified atom stereocenters. The fourth-order valence-corrected chi connectivity index (χ4v) is 4.42. The molecule has 1 aliphatic carbocycles. The van der Waals surface area contributed by atoms with Gasteiger partial charge in [-0.25, -0.2) is 4.98 Å². The zero-order valence-electron chi connectivity index (χ0n) is 14.0. The van der Waals surface area contributed by atoms with Crippen molar-refractivity contribution >= 4 is 11.3 Å². The molecular weight excluding hydrogens is 306 g/mol. The Balaban J connectivity index is 1.34. The van der Waals surface area contributed by atoms with Crippen molar-refractivity contribution in [2.45, 2.75) is 64.0 Å². The molecule has 6 heteroatoms. The van der Waals surface area contributed by atoms with Crippen LogP contribution in [0.2, 0.25) is 0 Å². The van der Waals surface area contributed by atoms with E-state index >= 15 is 0 Å². The zero-order valence-corrected chi connectivity index (χ0v) is 14.8. The summed E-state index contributed by atoms with van der Waals surface area (Å²) in [5, 5.41) is 12.1. The second kappa shape index (κ2) is 6.32. The molecule has 1 aliphatic heterocycles. The van der Waals surface area contributed by atoms with E-state index in [0.717, 1.165) is 25.6 Å². The molecule has 1 saturated carbocycles. The molecule has 0 N–H and O–H groups in total. The Morgan fingerprint density at radius 3 is 2.65 bits per heavy atom. The maximum absolute atomic E-state index is 4.82. The predicted molar refractivity (Wildman–Crippen MR) is 91.7 cm³/mol. The Hall–Kier alpha value is -1.27. The van der Waals surface area contributed by atoms with E-state index in [1.165, 1.54) is 42.2 Å². The standard InChI is InChI=1S/C17H25N5S/c1-12(2)22-11-18-20-16(22)13-5-7-21(8-6-13)9-15-10-23-17(19-15)14-3-4-14/h10-14H,3-9H2,1-2H3. The first kappa shape index (κ1) is 15.3. The first-order valence-electron chi connectivity index (χ1n) is 8.76. The normalized spacial score (nSPS) is 20.5. The zero-order chi connectivity index (χ0) is 15.8. The minimum atomic E-state index is 0.439. The summed E-state index contributed by atoms with van der Waals surface area (Å²) in [5.41, 5.74) is 1.26. The molecular formula is C17H25N5S. The van der Waals surface area contributed by atoms with E-state index in [4.69, 9.17) is 4.98 Å². The molecule has 0 amide bonds. The van der Waals surface area contributed by atoms with Crippen molar-refractivity contribution in [1.29, 1.82) is 0 Å². The Morgan fingerprint density at radius 1 is 1.17 bits per heavy atom. The second-order valence-corrected chi connectivity index (χ2v) is 8.08. The quantitative estimate of drug-likeness (QED) is 0.840. The van der Waals surface area contributed by atoms with Crippen molar-refractivity contribution < 1.29 is 0 Å². The third kappa shape index (κ3) is 3.33. The summed E-state index contributed by atoms with van der Waals surface area (Å²) in [6.45, 7) is 7.66. The summed E-state index contributed by atoms with van der Waals surface area (Å²) in [4.78, 5) is 7.36. The number of hydrogen-bond acceptors (Lipinski definition) is 5. The highest BCUT2D eigenvalue weighted by molar-refractivity contribution is 7.09. The largest absolute Gasteiger partial charge is 0.315 e. The van der Waals surface area contributed by atoms with Gasteiger partial charge in [0.2, 0.25) is 0 Å². The minimum Gasteiger partial charge on any atom is -0.315 e. The van der Waals surface area contributed by atoms with Crippen LogP contribution in [0.25, 0.3) is 0 Å². The third-order valence-electron chi connectivity index (χ3n) is 4.99. The number of aromatic nitrogens is 4. The SMILES string of the molecule is CC(C)n1cnnc1C1CCN(Cc2csc(C3CC3)n2)CC1. The molecule has 1 saturated heterocycles. The number of piperidine rings is 1. The highest BCUT2D eigenvalue weighted by Gasteiger charge is 2.28. The van der Waals surface area contributed by atoms with E-state index in [9.17, 15) is 0 Å². The fourth-order valence-electron chi connectivity index (χ4n) is 3.43. The monoisotopic (exact) mass is 331 g/mol. The van der Waals surface area contributed by atoms with Gasteiger partial charge in [0.1, 0.15) is 12.2 Å². The highest BCUT2D eigenvalue weighted by atomic mass is 32.1. The van der Waals surface area contributed by atoms with Crippen LogP contribution in [0.15, 0.2) is 11.7 Å². The summed E-state index contributed by atoms with van der Waals surface area (Å²) in [5.74, 6) is 2.50. The number of hydrogen-bond donors (Lipinski definition) is 0. The smallest absolute Gasteiger partial charge is 0.136 e. The van der Waals surface area contributed by atoms with E-state index in [0.29, 0.717) is 12.0 Å². The van der Waals surface area contributed by atoms with E-state index in [-0.39, 0.29) is 0 Å².